The minimum absolute atomic E-state index is 0.00735. The van der Waals surface area contributed by atoms with Crippen LogP contribution >= 0.6 is 0 Å². The van der Waals surface area contributed by atoms with E-state index in [2.05, 4.69) is 20.6 Å². The van der Waals surface area contributed by atoms with Crippen LogP contribution in [0.3, 0.4) is 0 Å². The lowest BCUT2D eigenvalue weighted by atomic mass is 10.1. The Morgan fingerprint density at radius 2 is 2.06 bits per heavy atom. The lowest BCUT2D eigenvalue weighted by Crippen LogP contribution is -2.26. The van der Waals surface area contributed by atoms with Crippen LogP contribution in [0.1, 0.15) is 5.56 Å². The number of nitrogens with two attached hydrogens (primary N) is 1. The van der Waals surface area contributed by atoms with Gasteiger partial charge in [0, 0.05) is 11.6 Å². The SMILES string of the molecule is NC(CO)Cc1ccc(-c2nn[nH]n2)cc1. The Bertz CT molecular complexity index is 425. The number of H-pyrrole nitrogens is 1. The first-order chi connectivity index (χ1) is 7.79. The van der Waals surface area contributed by atoms with Crippen molar-refractivity contribution < 1.29 is 5.11 Å². The zero-order valence-electron chi connectivity index (χ0n) is 8.67. The first-order valence-electron chi connectivity index (χ1n) is 4.99. The summed E-state index contributed by atoms with van der Waals surface area (Å²) < 4.78 is 0. The molecule has 16 heavy (non-hydrogen) atoms. The van der Waals surface area contributed by atoms with Gasteiger partial charge in [-0.15, -0.1) is 10.2 Å². The van der Waals surface area contributed by atoms with Crippen LogP contribution in [0.2, 0.25) is 0 Å². The van der Waals surface area contributed by atoms with Gasteiger partial charge in [0.1, 0.15) is 0 Å². The average molecular weight is 219 g/mol. The number of nitrogens with zero attached hydrogens (tertiary/aromatic N) is 3. The minimum Gasteiger partial charge on any atom is -0.395 e. The van der Waals surface area contributed by atoms with E-state index in [1.807, 2.05) is 24.3 Å². The van der Waals surface area contributed by atoms with E-state index in [4.69, 9.17) is 10.8 Å². The van der Waals surface area contributed by atoms with E-state index in [1.54, 1.807) is 0 Å². The second kappa shape index (κ2) is 4.82. The van der Waals surface area contributed by atoms with Crippen molar-refractivity contribution in [3.8, 4) is 11.4 Å². The molecule has 84 valence electrons. The molecule has 1 heterocycles. The van der Waals surface area contributed by atoms with Gasteiger partial charge in [-0.05, 0) is 17.2 Å². The average Bonchev–Trinajstić information content (AvgIpc) is 2.83. The maximum Gasteiger partial charge on any atom is 0.204 e. The molecular weight excluding hydrogens is 206 g/mol. The molecule has 6 heteroatoms. The number of aromatic amines is 1. The number of benzene rings is 1. The molecule has 1 aromatic heterocycles. The van der Waals surface area contributed by atoms with E-state index >= 15 is 0 Å². The van der Waals surface area contributed by atoms with E-state index in [9.17, 15) is 0 Å². The molecular formula is C10H13N5O. The molecule has 0 aliphatic rings. The fourth-order valence-corrected chi connectivity index (χ4v) is 1.44. The van der Waals surface area contributed by atoms with Gasteiger partial charge in [0.2, 0.25) is 5.82 Å². The summed E-state index contributed by atoms with van der Waals surface area (Å²) in [5.41, 5.74) is 7.62. The van der Waals surface area contributed by atoms with Crippen molar-refractivity contribution in [1.82, 2.24) is 20.6 Å². The van der Waals surface area contributed by atoms with Gasteiger partial charge >= 0.3 is 0 Å². The van der Waals surface area contributed by atoms with Crippen molar-refractivity contribution in [2.24, 2.45) is 5.73 Å². The minimum atomic E-state index is -0.212. The van der Waals surface area contributed by atoms with Gasteiger partial charge in [-0.1, -0.05) is 24.3 Å². The largest absolute Gasteiger partial charge is 0.395 e. The smallest absolute Gasteiger partial charge is 0.204 e. The van der Waals surface area contributed by atoms with E-state index in [-0.39, 0.29) is 12.6 Å². The second-order valence-corrected chi connectivity index (χ2v) is 3.58. The van der Waals surface area contributed by atoms with E-state index in [0.29, 0.717) is 12.2 Å². The van der Waals surface area contributed by atoms with Gasteiger partial charge in [0.05, 0.1) is 6.61 Å². The van der Waals surface area contributed by atoms with E-state index in [0.717, 1.165) is 11.1 Å². The zero-order chi connectivity index (χ0) is 11.4. The Kier molecular flexibility index (Phi) is 3.23. The maximum absolute atomic E-state index is 8.84. The molecule has 0 fully saturated rings. The summed E-state index contributed by atoms with van der Waals surface area (Å²) in [7, 11) is 0. The molecule has 1 aromatic carbocycles. The number of aromatic nitrogens is 4. The molecule has 0 saturated carbocycles. The number of nitrogens with one attached hydrogen (secondary N) is 1. The third kappa shape index (κ3) is 2.41. The van der Waals surface area contributed by atoms with Crippen LogP contribution < -0.4 is 5.73 Å². The zero-order valence-corrected chi connectivity index (χ0v) is 8.67. The highest BCUT2D eigenvalue weighted by Gasteiger charge is 2.05. The summed E-state index contributed by atoms with van der Waals surface area (Å²) in [6, 6.07) is 7.49. The molecule has 2 rings (SSSR count). The Morgan fingerprint density at radius 3 is 2.62 bits per heavy atom. The summed E-state index contributed by atoms with van der Waals surface area (Å²) in [4.78, 5) is 0. The summed E-state index contributed by atoms with van der Waals surface area (Å²) in [5, 5.41) is 22.5. The lowest BCUT2D eigenvalue weighted by molar-refractivity contribution is 0.265. The molecule has 6 nitrogen and oxygen atoms in total. The maximum atomic E-state index is 8.84. The Morgan fingerprint density at radius 1 is 1.31 bits per heavy atom. The Hall–Kier alpha value is -1.79. The standard InChI is InChI=1S/C10H13N5O/c11-9(6-16)5-7-1-3-8(4-2-7)10-12-14-15-13-10/h1-4,9,16H,5-6,11H2,(H,12,13,14,15). The molecule has 1 atom stereocenters. The van der Waals surface area contributed by atoms with Gasteiger partial charge in [0.15, 0.2) is 0 Å². The van der Waals surface area contributed by atoms with Crippen molar-refractivity contribution in [3.63, 3.8) is 0 Å². The summed E-state index contributed by atoms with van der Waals surface area (Å²) >= 11 is 0. The third-order valence-corrected chi connectivity index (χ3v) is 2.29. The fourth-order valence-electron chi connectivity index (χ4n) is 1.44. The van der Waals surface area contributed by atoms with Crippen LogP contribution in [0, 0.1) is 0 Å². The topological polar surface area (TPSA) is 101 Å². The second-order valence-electron chi connectivity index (χ2n) is 3.58. The fraction of sp³-hybridized carbons (Fsp3) is 0.300. The number of rotatable bonds is 4. The van der Waals surface area contributed by atoms with E-state index in [1.165, 1.54) is 0 Å². The van der Waals surface area contributed by atoms with Crippen molar-refractivity contribution in [1.29, 1.82) is 0 Å². The number of hydrogen-bond donors (Lipinski definition) is 3. The van der Waals surface area contributed by atoms with Crippen LogP contribution in [0.15, 0.2) is 24.3 Å². The molecule has 0 spiro atoms. The molecule has 2 aromatic rings. The Balaban J connectivity index is 2.11. The van der Waals surface area contributed by atoms with Gasteiger partial charge in [-0.2, -0.15) is 5.21 Å². The molecule has 4 N–H and O–H groups in total. The third-order valence-electron chi connectivity index (χ3n) is 2.29. The first kappa shape index (κ1) is 10.7. The van der Waals surface area contributed by atoms with Gasteiger partial charge in [-0.25, -0.2) is 0 Å². The highest BCUT2D eigenvalue weighted by Crippen LogP contribution is 2.14. The molecule has 0 aliphatic heterocycles. The molecule has 0 saturated heterocycles. The highest BCUT2D eigenvalue weighted by molar-refractivity contribution is 5.54. The molecule has 0 aliphatic carbocycles. The van der Waals surface area contributed by atoms with E-state index < -0.39 is 0 Å². The van der Waals surface area contributed by atoms with Crippen LogP contribution in [-0.2, 0) is 6.42 Å². The number of aliphatic hydroxyl groups is 1. The van der Waals surface area contributed by atoms with Crippen molar-refractivity contribution in [3.05, 3.63) is 29.8 Å². The summed E-state index contributed by atoms with van der Waals surface area (Å²) in [5.74, 6) is 0.568. The van der Waals surface area contributed by atoms with Crippen molar-refractivity contribution in [2.75, 3.05) is 6.61 Å². The first-order valence-corrected chi connectivity index (χ1v) is 4.99. The molecule has 0 amide bonds. The van der Waals surface area contributed by atoms with Crippen LogP contribution in [0.25, 0.3) is 11.4 Å². The quantitative estimate of drug-likeness (QED) is 0.657. The predicted molar refractivity (Wildman–Crippen MR) is 58.4 cm³/mol. The van der Waals surface area contributed by atoms with Gasteiger partial charge in [0.25, 0.3) is 0 Å². The van der Waals surface area contributed by atoms with Gasteiger partial charge < -0.3 is 10.8 Å². The molecule has 0 radical (unpaired) electrons. The Labute approximate surface area is 92.5 Å². The van der Waals surface area contributed by atoms with Crippen LogP contribution in [0.4, 0.5) is 0 Å². The van der Waals surface area contributed by atoms with Gasteiger partial charge in [-0.3, -0.25) is 0 Å². The van der Waals surface area contributed by atoms with Crippen LogP contribution in [0.5, 0.6) is 0 Å². The normalized spacial score (nSPS) is 12.6. The summed E-state index contributed by atoms with van der Waals surface area (Å²) in [6.07, 6.45) is 0.656. The summed E-state index contributed by atoms with van der Waals surface area (Å²) in [6.45, 7) is -0.00735. The molecule has 0 bridgehead atoms. The number of aliphatic hydroxyl groups excluding tert-OH is 1. The monoisotopic (exact) mass is 219 g/mol. The van der Waals surface area contributed by atoms with Crippen molar-refractivity contribution in [2.45, 2.75) is 12.5 Å². The molecule has 1 unspecified atom stereocenters. The van der Waals surface area contributed by atoms with Crippen molar-refractivity contribution >= 4 is 0 Å². The number of tetrazole rings is 1. The predicted octanol–water partition coefficient (Wildman–Crippen LogP) is -0.271. The lowest BCUT2D eigenvalue weighted by Gasteiger charge is -2.07. The number of hydrogen-bond acceptors (Lipinski definition) is 5. The highest BCUT2D eigenvalue weighted by atomic mass is 16.3. The van der Waals surface area contributed by atoms with Crippen LogP contribution in [-0.4, -0.2) is 38.4 Å².